The van der Waals surface area contributed by atoms with Crippen LogP contribution in [0, 0.1) is 5.41 Å². The van der Waals surface area contributed by atoms with Gasteiger partial charge in [-0.25, -0.2) is 0 Å². The second-order valence-electron chi connectivity index (χ2n) is 6.85. The highest BCUT2D eigenvalue weighted by molar-refractivity contribution is 7.17. The fourth-order valence-corrected chi connectivity index (χ4v) is 4.68. The number of aromatic amines is 1. The second-order valence-corrected chi connectivity index (χ2v) is 7.77. The van der Waals surface area contributed by atoms with Crippen molar-refractivity contribution in [3.8, 4) is 16.9 Å². The molecule has 1 atom stereocenters. The predicted octanol–water partition coefficient (Wildman–Crippen LogP) is 5.95. The molecule has 0 saturated heterocycles. The molecule has 2 aromatic carbocycles. The molecule has 0 spiro atoms. The summed E-state index contributed by atoms with van der Waals surface area (Å²) < 4.78 is 6.41. The number of nitrogens with one attached hydrogen (secondary N) is 2. The monoisotopic (exact) mass is 390 g/mol. The maximum absolute atomic E-state index is 12.4. The van der Waals surface area contributed by atoms with Crippen molar-refractivity contribution in [1.82, 2.24) is 4.98 Å². The van der Waals surface area contributed by atoms with Gasteiger partial charge in [0.2, 0.25) is 0 Å². The molecule has 142 valence electrons. The highest BCUT2D eigenvalue weighted by Crippen LogP contribution is 2.40. The van der Waals surface area contributed by atoms with Crippen molar-refractivity contribution in [2.24, 2.45) is 0 Å². The maximum atomic E-state index is 12.4. The minimum Gasteiger partial charge on any atom is -0.496 e. The molecule has 4 rings (SSSR count). The first-order valence-electron chi connectivity index (χ1n) is 9.37. The van der Waals surface area contributed by atoms with Gasteiger partial charge in [0.05, 0.1) is 7.11 Å². The van der Waals surface area contributed by atoms with Crippen molar-refractivity contribution >= 4 is 38.5 Å². The Kier molecular flexibility index (Phi) is 5.01. The highest BCUT2D eigenvalue weighted by atomic mass is 32.1. The Morgan fingerprint density at radius 3 is 2.64 bits per heavy atom. The van der Waals surface area contributed by atoms with Crippen molar-refractivity contribution in [1.29, 1.82) is 5.41 Å². The van der Waals surface area contributed by atoms with E-state index in [1.807, 2.05) is 23.6 Å². The Hall–Kier alpha value is -2.92. The molecule has 2 aromatic heterocycles. The van der Waals surface area contributed by atoms with E-state index >= 15 is 0 Å². The summed E-state index contributed by atoms with van der Waals surface area (Å²) >= 11 is 1.46. The number of fused-ring (bicyclic) bond motifs is 3. The second kappa shape index (κ2) is 7.60. The summed E-state index contributed by atoms with van der Waals surface area (Å²) in [6, 6.07) is 14.3. The molecule has 2 N–H and O–H groups in total. The quantitative estimate of drug-likeness (QED) is 0.399. The van der Waals surface area contributed by atoms with E-state index in [1.54, 1.807) is 7.11 Å². The Morgan fingerprint density at radius 1 is 1.18 bits per heavy atom. The lowest BCUT2D eigenvalue weighted by atomic mass is 9.91. The molecule has 0 aliphatic rings. The summed E-state index contributed by atoms with van der Waals surface area (Å²) in [7, 11) is 1.67. The molecule has 4 nitrogen and oxygen atoms in total. The normalized spacial score (nSPS) is 12.4. The van der Waals surface area contributed by atoms with Crippen LogP contribution in [0.25, 0.3) is 32.1 Å². The van der Waals surface area contributed by atoms with Gasteiger partial charge in [0, 0.05) is 21.9 Å². The average molecular weight is 391 g/mol. The number of rotatable bonds is 6. The van der Waals surface area contributed by atoms with E-state index in [1.165, 1.54) is 23.1 Å². The number of hydrogen-bond acceptors (Lipinski definition) is 4. The summed E-state index contributed by atoms with van der Waals surface area (Å²) in [5.74, 6) is 1.15. The topological polar surface area (TPSA) is 65.9 Å². The number of hydrogen-bond donors (Lipinski definition) is 2. The van der Waals surface area contributed by atoms with Crippen LogP contribution in [-0.4, -0.2) is 18.3 Å². The molecule has 1 unspecified atom stereocenters. The molecule has 4 aromatic rings. The van der Waals surface area contributed by atoms with Gasteiger partial charge in [0.1, 0.15) is 10.4 Å². The fourth-order valence-electron chi connectivity index (χ4n) is 3.89. The molecule has 2 heterocycles. The van der Waals surface area contributed by atoms with Gasteiger partial charge in [-0.1, -0.05) is 31.2 Å². The number of aromatic nitrogens is 1. The molecule has 0 fully saturated rings. The summed E-state index contributed by atoms with van der Waals surface area (Å²) in [5.41, 5.74) is 4.04. The molecule has 5 heteroatoms. The van der Waals surface area contributed by atoms with Gasteiger partial charge in [-0.3, -0.25) is 4.79 Å². The zero-order valence-corrected chi connectivity index (χ0v) is 16.7. The van der Waals surface area contributed by atoms with Gasteiger partial charge >= 0.3 is 0 Å². The summed E-state index contributed by atoms with van der Waals surface area (Å²) in [6.07, 6.45) is 3.24. The van der Waals surface area contributed by atoms with E-state index in [2.05, 4.69) is 36.2 Å². The van der Waals surface area contributed by atoms with Crippen molar-refractivity contribution in [2.45, 2.75) is 25.7 Å². The van der Waals surface area contributed by atoms with Crippen LogP contribution in [0.3, 0.4) is 0 Å². The van der Waals surface area contributed by atoms with Gasteiger partial charge in [0.15, 0.2) is 0 Å². The molecule has 0 radical (unpaired) electrons. The van der Waals surface area contributed by atoms with E-state index in [9.17, 15) is 4.79 Å². The standard InChI is InChI=1S/C23H22N2O2S/c1-3-14(10-12-24)15-4-6-16(7-5-15)20-19(27-2)9-8-18-21(20)17-11-13-28-22(17)23(26)25-18/h4-9,11-14,24H,3,10H2,1-2H3,(H,25,26). The van der Waals surface area contributed by atoms with E-state index in [4.69, 9.17) is 10.1 Å². The molecule has 0 bridgehead atoms. The van der Waals surface area contributed by atoms with Gasteiger partial charge in [0.25, 0.3) is 5.56 Å². The molecule has 28 heavy (non-hydrogen) atoms. The lowest BCUT2D eigenvalue weighted by molar-refractivity contribution is 0.417. The first-order chi connectivity index (χ1) is 13.7. The smallest absolute Gasteiger partial charge is 0.266 e. The number of ether oxygens (including phenoxy) is 1. The Balaban J connectivity index is 1.96. The number of pyridine rings is 1. The van der Waals surface area contributed by atoms with Gasteiger partial charge in [-0.15, -0.1) is 11.3 Å². The zero-order chi connectivity index (χ0) is 19.7. The zero-order valence-electron chi connectivity index (χ0n) is 15.9. The predicted molar refractivity (Wildman–Crippen MR) is 118 cm³/mol. The molecule has 0 amide bonds. The van der Waals surface area contributed by atoms with Crippen molar-refractivity contribution in [3.63, 3.8) is 0 Å². The molecular formula is C23H22N2O2S. The van der Waals surface area contributed by atoms with E-state index < -0.39 is 0 Å². The molecule has 0 aliphatic carbocycles. The Morgan fingerprint density at radius 2 is 1.96 bits per heavy atom. The lowest BCUT2D eigenvalue weighted by Crippen LogP contribution is -2.05. The number of thiophene rings is 1. The van der Waals surface area contributed by atoms with Crippen LogP contribution in [0.15, 0.2) is 52.6 Å². The van der Waals surface area contributed by atoms with E-state index in [0.717, 1.165) is 50.7 Å². The number of H-pyrrole nitrogens is 1. The first-order valence-corrected chi connectivity index (χ1v) is 10.2. The molecule has 0 aliphatic heterocycles. The third kappa shape index (κ3) is 3.02. The minimum atomic E-state index is -0.0543. The van der Waals surface area contributed by atoms with Crippen molar-refractivity contribution < 1.29 is 4.74 Å². The summed E-state index contributed by atoms with van der Waals surface area (Å²) in [5, 5.41) is 11.3. The maximum Gasteiger partial charge on any atom is 0.266 e. The Labute approximate surface area is 167 Å². The van der Waals surface area contributed by atoms with Crippen molar-refractivity contribution in [2.75, 3.05) is 7.11 Å². The third-order valence-corrected chi connectivity index (χ3v) is 6.26. The Bertz CT molecular complexity index is 1210. The highest BCUT2D eigenvalue weighted by Gasteiger charge is 2.17. The van der Waals surface area contributed by atoms with Crippen LogP contribution in [0.1, 0.15) is 31.2 Å². The van der Waals surface area contributed by atoms with Gasteiger partial charge < -0.3 is 15.1 Å². The SMILES string of the molecule is CCC(CC=N)c1ccc(-c2c(OC)ccc3[nH]c(=O)c4sccc4c23)cc1. The first kappa shape index (κ1) is 18.4. The minimum absolute atomic E-state index is 0.0543. The van der Waals surface area contributed by atoms with Crippen LogP contribution >= 0.6 is 11.3 Å². The molecular weight excluding hydrogens is 368 g/mol. The summed E-state index contributed by atoms with van der Waals surface area (Å²) in [6.45, 7) is 2.15. The molecule has 0 saturated carbocycles. The van der Waals surface area contributed by atoms with Crippen LogP contribution in [0.5, 0.6) is 5.75 Å². The van der Waals surface area contributed by atoms with Crippen LogP contribution in [0.4, 0.5) is 0 Å². The summed E-state index contributed by atoms with van der Waals surface area (Å²) in [4.78, 5) is 15.4. The number of benzene rings is 2. The largest absolute Gasteiger partial charge is 0.496 e. The average Bonchev–Trinajstić information content (AvgIpc) is 3.22. The fraction of sp³-hybridized carbons (Fsp3) is 0.217. The van der Waals surface area contributed by atoms with Crippen molar-refractivity contribution in [3.05, 3.63) is 63.8 Å². The number of methoxy groups -OCH3 is 1. The van der Waals surface area contributed by atoms with Gasteiger partial charge in [-0.2, -0.15) is 0 Å². The third-order valence-electron chi connectivity index (χ3n) is 5.34. The van der Waals surface area contributed by atoms with Crippen LogP contribution in [-0.2, 0) is 0 Å². The lowest BCUT2D eigenvalue weighted by Gasteiger charge is -2.16. The van der Waals surface area contributed by atoms with Crippen LogP contribution < -0.4 is 10.3 Å². The van der Waals surface area contributed by atoms with E-state index in [-0.39, 0.29) is 5.56 Å². The van der Waals surface area contributed by atoms with Crippen LogP contribution in [0.2, 0.25) is 0 Å². The van der Waals surface area contributed by atoms with E-state index in [0.29, 0.717) is 5.92 Å². The van der Waals surface area contributed by atoms with Gasteiger partial charge in [-0.05, 0) is 59.7 Å².